The van der Waals surface area contributed by atoms with Crippen molar-refractivity contribution in [2.75, 3.05) is 32.7 Å². The molecule has 0 N–H and O–H groups in total. The number of aryl methyl sites for hydroxylation is 1. The summed E-state index contributed by atoms with van der Waals surface area (Å²) in [4.78, 5) is 17.2. The Hall–Kier alpha value is -2.21. The van der Waals surface area contributed by atoms with Crippen molar-refractivity contribution < 1.29 is 9.18 Å². The van der Waals surface area contributed by atoms with Gasteiger partial charge in [-0.05, 0) is 44.7 Å². The number of carbonyl (C=O) groups excluding carboxylic acids is 1. The molecule has 1 aromatic carbocycles. The Morgan fingerprint density at radius 3 is 2.33 bits per heavy atom. The SMILES string of the molecule is CCN1CCN(C(=O)c2c(C)nn(-c3ccc(F)cc3)c2C)CC1. The first-order chi connectivity index (χ1) is 11.5. The molecule has 1 aliphatic heterocycles. The second kappa shape index (κ2) is 6.73. The van der Waals surface area contributed by atoms with Gasteiger partial charge in [0.2, 0.25) is 0 Å². The molecule has 2 heterocycles. The van der Waals surface area contributed by atoms with E-state index in [1.165, 1.54) is 12.1 Å². The van der Waals surface area contributed by atoms with E-state index in [0.29, 0.717) is 11.3 Å². The minimum atomic E-state index is -0.287. The van der Waals surface area contributed by atoms with Crippen LogP contribution in [-0.2, 0) is 0 Å². The highest BCUT2D eigenvalue weighted by molar-refractivity contribution is 5.96. The van der Waals surface area contributed by atoms with Gasteiger partial charge in [0.25, 0.3) is 5.91 Å². The van der Waals surface area contributed by atoms with E-state index in [1.54, 1.807) is 16.8 Å². The van der Waals surface area contributed by atoms with Gasteiger partial charge >= 0.3 is 0 Å². The molecular weight excluding hydrogens is 307 g/mol. The monoisotopic (exact) mass is 330 g/mol. The highest BCUT2D eigenvalue weighted by atomic mass is 19.1. The highest BCUT2D eigenvalue weighted by Crippen LogP contribution is 2.20. The Kier molecular flexibility index (Phi) is 4.66. The molecule has 1 saturated heterocycles. The van der Waals surface area contributed by atoms with E-state index in [0.717, 1.165) is 44.1 Å². The molecule has 0 aliphatic carbocycles. The van der Waals surface area contributed by atoms with Crippen molar-refractivity contribution in [3.63, 3.8) is 0 Å². The van der Waals surface area contributed by atoms with Crippen LogP contribution in [0.1, 0.15) is 28.7 Å². The molecule has 1 fully saturated rings. The third-order valence-corrected chi connectivity index (χ3v) is 4.68. The first-order valence-electron chi connectivity index (χ1n) is 8.35. The number of likely N-dealkylation sites (N-methyl/N-ethyl adjacent to an activating group) is 1. The quantitative estimate of drug-likeness (QED) is 0.868. The van der Waals surface area contributed by atoms with E-state index in [-0.39, 0.29) is 11.7 Å². The summed E-state index contributed by atoms with van der Waals surface area (Å²) in [5, 5.41) is 4.49. The average Bonchev–Trinajstić information content (AvgIpc) is 2.89. The van der Waals surface area contributed by atoms with Gasteiger partial charge in [0.1, 0.15) is 5.82 Å². The maximum Gasteiger partial charge on any atom is 0.257 e. The van der Waals surface area contributed by atoms with Crippen LogP contribution < -0.4 is 0 Å². The smallest absolute Gasteiger partial charge is 0.257 e. The molecule has 5 nitrogen and oxygen atoms in total. The topological polar surface area (TPSA) is 41.4 Å². The Morgan fingerprint density at radius 2 is 1.75 bits per heavy atom. The van der Waals surface area contributed by atoms with Gasteiger partial charge in [-0.2, -0.15) is 5.10 Å². The summed E-state index contributed by atoms with van der Waals surface area (Å²) in [6.45, 7) is 10.2. The van der Waals surface area contributed by atoms with Crippen molar-refractivity contribution >= 4 is 5.91 Å². The first kappa shape index (κ1) is 16.6. The molecule has 24 heavy (non-hydrogen) atoms. The predicted octanol–water partition coefficient (Wildman–Crippen LogP) is 2.41. The lowest BCUT2D eigenvalue weighted by atomic mass is 10.1. The molecule has 0 spiro atoms. The van der Waals surface area contributed by atoms with Gasteiger partial charge in [-0.25, -0.2) is 9.07 Å². The number of hydrogen-bond donors (Lipinski definition) is 0. The molecule has 1 aliphatic rings. The van der Waals surface area contributed by atoms with E-state index in [1.807, 2.05) is 18.7 Å². The number of nitrogens with zero attached hydrogens (tertiary/aromatic N) is 4. The molecule has 3 rings (SSSR count). The molecule has 128 valence electrons. The van der Waals surface area contributed by atoms with Crippen LogP contribution in [0.2, 0.25) is 0 Å². The Labute approximate surface area is 141 Å². The van der Waals surface area contributed by atoms with E-state index >= 15 is 0 Å². The number of rotatable bonds is 3. The summed E-state index contributed by atoms with van der Waals surface area (Å²) >= 11 is 0. The van der Waals surface area contributed by atoms with E-state index in [4.69, 9.17) is 0 Å². The summed E-state index contributed by atoms with van der Waals surface area (Å²) in [6.07, 6.45) is 0. The zero-order valence-corrected chi connectivity index (χ0v) is 14.4. The van der Waals surface area contributed by atoms with Gasteiger partial charge in [0.05, 0.1) is 22.6 Å². The van der Waals surface area contributed by atoms with Crippen molar-refractivity contribution in [3.8, 4) is 5.69 Å². The number of hydrogen-bond acceptors (Lipinski definition) is 3. The van der Waals surface area contributed by atoms with Crippen LogP contribution >= 0.6 is 0 Å². The maximum absolute atomic E-state index is 13.1. The standard InChI is InChI=1S/C18H23FN4O/c1-4-21-9-11-22(12-10-21)18(24)17-13(2)20-23(14(17)3)16-7-5-15(19)6-8-16/h5-8H,4,9-12H2,1-3H3. The fourth-order valence-corrected chi connectivity index (χ4v) is 3.21. The lowest BCUT2D eigenvalue weighted by molar-refractivity contribution is 0.0642. The zero-order chi connectivity index (χ0) is 17.3. The van der Waals surface area contributed by atoms with Gasteiger partial charge in [-0.3, -0.25) is 4.79 Å². The van der Waals surface area contributed by atoms with Crippen molar-refractivity contribution in [1.29, 1.82) is 0 Å². The fraction of sp³-hybridized carbons (Fsp3) is 0.444. The van der Waals surface area contributed by atoms with Gasteiger partial charge in [-0.1, -0.05) is 6.92 Å². The Morgan fingerprint density at radius 1 is 1.12 bits per heavy atom. The molecule has 0 atom stereocenters. The largest absolute Gasteiger partial charge is 0.336 e. The molecule has 1 aromatic heterocycles. The fourth-order valence-electron chi connectivity index (χ4n) is 3.21. The highest BCUT2D eigenvalue weighted by Gasteiger charge is 2.26. The van der Waals surface area contributed by atoms with Crippen LogP contribution in [-0.4, -0.2) is 58.2 Å². The molecule has 6 heteroatoms. The summed E-state index contributed by atoms with van der Waals surface area (Å²) in [5.74, 6) is -0.250. The minimum absolute atomic E-state index is 0.0362. The third kappa shape index (κ3) is 3.06. The lowest BCUT2D eigenvalue weighted by Gasteiger charge is -2.34. The van der Waals surface area contributed by atoms with Crippen LogP contribution in [0.3, 0.4) is 0 Å². The van der Waals surface area contributed by atoms with Gasteiger partial charge in [0.15, 0.2) is 0 Å². The number of carbonyl (C=O) groups is 1. The maximum atomic E-state index is 13.1. The molecule has 2 aromatic rings. The normalized spacial score (nSPS) is 15.8. The Bertz CT molecular complexity index is 730. The second-order valence-electron chi connectivity index (χ2n) is 6.16. The van der Waals surface area contributed by atoms with Crippen LogP contribution in [0.4, 0.5) is 4.39 Å². The summed E-state index contributed by atoms with van der Waals surface area (Å²) < 4.78 is 14.8. The van der Waals surface area contributed by atoms with Crippen LogP contribution in [0.25, 0.3) is 5.69 Å². The van der Waals surface area contributed by atoms with Crippen LogP contribution in [0.15, 0.2) is 24.3 Å². The molecule has 0 saturated carbocycles. The lowest BCUT2D eigenvalue weighted by Crippen LogP contribution is -2.48. The van der Waals surface area contributed by atoms with Crippen molar-refractivity contribution in [2.45, 2.75) is 20.8 Å². The minimum Gasteiger partial charge on any atom is -0.336 e. The average molecular weight is 330 g/mol. The first-order valence-corrected chi connectivity index (χ1v) is 8.35. The van der Waals surface area contributed by atoms with Crippen LogP contribution in [0.5, 0.6) is 0 Å². The molecular formula is C18H23FN4O. The summed E-state index contributed by atoms with van der Waals surface area (Å²) in [5.41, 5.74) is 2.91. The zero-order valence-electron chi connectivity index (χ0n) is 14.4. The number of aromatic nitrogens is 2. The number of amides is 1. The molecule has 1 amide bonds. The number of halogens is 1. The van der Waals surface area contributed by atoms with E-state index < -0.39 is 0 Å². The molecule has 0 unspecified atom stereocenters. The van der Waals surface area contributed by atoms with Gasteiger partial charge in [0, 0.05) is 26.2 Å². The van der Waals surface area contributed by atoms with Gasteiger partial charge < -0.3 is 9.80 Å². The van der Waals surface area contributed by atoms with Crippen molar-refractivity contribution in [3.05, 3.63) is 47.0 Å². The Balaban J connectivity index is 1.86. The van der Waals surface area contributed by atoms with Crippen LogP contribution in [0, 0.1) is 19.7 Å². The van der Waals surface area contributed by atoms with E-state index in [9.17, 15) is 9.18 Å². The number of piperazine rings is 1. The molecule has 0 radical (unpaired) electrons. The van der Waals surface area contributed by atoms with E-state index in [2.05, 4.69) is 16.9 Å². The van der Waals surface area contributed by atoms with Gasteiger partial charge in [-0.15, -0.1) is 0 Å². The summed E-state index contributed by atoms with van der Waals surface area (Å²) in [6, 6.07) is 6.14. The van der Waals surface area contributed by atoms with Crippen molar-refractivity contribution in [2.24, 2.45) is 0 Å². The summed E-state index contributed by atoms with van der Waals surface area (Å²) in [7, 11) is 0. The third-order valence-electron chi connectivity index (χ3n) is 4.68. The van der Waals surface area contributed by atoms with Crippen molar-refractivity contribution in [1.82, 2.24) is 19.6 Å². The molecule has 0 bridgehead atoms. The number of benzene rings is 1. The predicted molar refractivity (Wildman–Crippen MR) is 91.0 cm³/mol. The second-order valence-corrected chi connectivity index (χ2v) is 6.16.